The van der Waals surface area contributed by atoms with Crippen LogP contribution in [0.4, 0.5) is 9.59 Å². The molecule has 4 aromatic carbocycles. The molecule has 8 aromatic rings. The fraction of sp³-hybridized carbons (Fsp3) is 0.211. The van der Waals surface area contributed by atoms with Crippen LogP contribution in [0.1, 0.15) is 41.5 Å². The van der Waals surface area contributed by atoms with Crippen molar-refractivity contribution in [3.63, 3.8) is 0 Å². The zero-order valence-corrected chi connectivity index (χ0v) is 27.4. The third-order valence-corrected chi connectivity index (χ3v) is 8.02. The number of aromatic nitrogens is 6. The Bertz CT molecular complexity index is 2460. The summed E-state index contributed by atoms with van der Waals surface area (Å²) in [4.78, 5) is 47.2. The van der Waals surface area contributed by atoms with Gasteiger partial charge < -0.3 is 9.47 Å². The van der Waals surface area contributed by atoms with E-state index in [1.54, 1.807) is 0 Å². The van der Waals surface area contributed by atoms with Gasteiger partial charge in [-0.3, -0.25) is 0 Å². The zero-order chi connectivity index (χ0) is 33.5. The summed E-state index contributed by atoms with van der Waals surface area (Å²) in [5, 5.41) is 1.58. The lowest BCUT2D eigenvalue weighted by atomic mass is 10.0. The zero-order valence-electron chi connectivity index (χ0n) is 27.4. The van der Waals surface area contributed by atoms with Gasteiger partial charge in [0.2, 0.25) is 0 Å². The normalized spacial score (nSPS) is 12.5. The molecule has 0 atom stereocenters. The van der Waals surface area contributed by atoms with Crippen LogP contribution in [0.15, 0.2) is 84.9 Å². The third-order valence-electron chi connectivity index (χ3n) is 8.02. The molecule has 238 valence electrons. The van der Waals surface area contributed by atoms with E-state index in [1.807, 2.05) is 126 Å². The van der Waals surface area contributed by atoms with Crippen LogP contribution >= 0.6 is 0 Å². The Morgan fingerprint density at radius 3 is 1.29 bits per heavy atom. The second kappa shape index (κ2) is 10.3. The van der Waals surface area contributed by atoms with Gasteiger partial charge in [0.1, 0.15) is 22.2 Å². The minimum atomic E-state index is -0.688. The summed E-state index contributed by atoms with van der Waals surface area (Å²) in [5.41, 5.74) is 6.13. The number of ether oxygens (including phenoxy) is 2. The van der Waals surface area contributed by atoms with Gasteiger partial charge in [-0.1, -0.05) is 60.7 Å². The Hall–Kier alpha value is -5.90. The average molecular weight is 637 g/mol. The van der Waals surface area contributed by atoms with Gasteiger partial charge in [0.15, 0.2) is 11.3 Å². The van der Waals surface area contributed by atoms with Gasteiger partial charge in [-0.2, -0.15) is 0 Å². The molecule has 4 aromatic heterocycles. The van der Waals surface area contributed by atoms with Gasteiger partial charge in [-0.25, -0.2) is 38.7 Å². The highest BCUT2D eigenvalue weighted by molar-refractivity contribution is 6.14. The molecule has 0 spiro atoms. The summed E-state index contributed by atoms with van der Waals surface area (Å²) in [6, 6.07) is 26.8. The number of hydrogen-bond donors (Lipinski definition) is 0. The molecule has 8 rings (SSSR count). The highest BCUT2D eigenvalue weighted by Gasteiger charge is 2.27. The van der Waals surface area contributed by atoms with Gasteiger partial charge in [0.05, 0.1) is 33.1 Å². The topological polar surface area (TPSA) is 114 Å². The summed E-state index contributed by atoms with van der Waals surface area (Å²) in [7, 11) is 0. The van der Waals surface area contributed by atoms with Crippen molar-refractivity contribution in [2.45, 2.75) is 52.7 Å². The second-order valence-electron chi connectivity index (χ2n) is 13.8. The first-order chi connectivity index (χ1) is 22.9. The van der Waals surface area contributed by atoms with Crippen molar-refractivity contribution < 1.29 is 19.1 Å². The molecule has 0 N–H and O–H groups in total. The van der Waals surface area contributed by atoms with Crippen molar-refractivity contribution in [2.75, 3.05) is 0 Å². The average Bonchev–Trinajstić information content (AvgIpc) is 3.52. The standard InChI is InChI=1S/C38H32N6O4/c1-37(2,3)47-35(45)43-27-19-9-7-13-23(27)31-33(43)39-25-17-11-15-21(29(25)41-31)22-16-12-18-26-30(22)42-32-24-14-8-10-20-28(24)44(34(32)40-26)36(46)48-38(4,5)6/h7-20H,1-6H3. The lowest BCUT2D eigenvalue weighted by molar-refractivity contribution is 0.0539. The van der Waals surface area contributed by atoms with Crippen molar-refractivity contribution in [1.29, 1.82) is 0 Å². The first kappa shape index (κ1) is 29.5. The fourth-order valence-corrected chi connectivity index (χ4v) is 6.19. The van der Waals surface area contributed by atoms with Gasteiger partial charge in [0, 0.05) is 21.9 Å². The Labute approximate surface area is 274 Å². The molecule has 0 aliphatic rings. The number of carbonyl (C=O) groups is 2. The molecule has 0 amide bonds. The van der Waals surface area contributed by atoms with Crippen molar-refractivity contribution in [3.05, 3.63) is 84.9 Å². The molecule has 0 aliphatic carbocycles. The first-order valence-electron chi connectivity index (χ1n) is 15.7. The molecule has 0 bridgehead atoms. The van der Waals surface area contributed by atoms with E-state index in [2.05, 4.69) is 0 Å². The van der Waals surface area contributed by atoms with E-state index in [9.17, 15) is 9.59 Å². The van der Waals surface area contributed by atoms with Crippen molar-refractivity contribution in [2.24, 2.45) is 0 Å². The van der Waals surface area contributed by atoms with E-state index in [0.29, 0.717) is 55.4 Å². The maximum Gasteiger partial charge on any atom is 0.420 e. The Morgan fingerprint density at radius 1 is 0.500 bits per heavy atom. The predicted molar refractivity (Wildman–Crippen MR) is 187 cm³/mol. The molecule has 10 heteroatoms. The summed E-state index contributed by atoms with van der Waals surface area (Å²) < 4.78 is 14.5. The third kappa shape index (κ3) is 4.71. The molecule has 0 radical (unpaired) electrons. The van der Waals surface area contributed by atoms with Gasteiger partial charge in [-0.15, -0.1) is 0 Å². The van der Waals surface area contributed by atoms with E-state index in [0.717, 1.165) is 21.9 Å². The lowest BCUT2D eigenvalue weighted by Crippen LogP contribution is -2.27. The van der Waals surface area contributed by atoms with E-state index in [-0.39, 0.29) is 0 Å². The number of rotatable bonds is 1. The van der Waals surface area contributed by atoms with Crippen LogP contribution in [0.25, 0.3) is 77.3 Å². The van der Waals surface area contributed by atoms with Crippen LogP contribution in [0.3, 0.4) is 0 Å². The quantitative estimate of drug-likeness (QED) is 0.175. The monoisotopic (exact) mass is 636 g/mol. The van der Waals surface area contributed by atoms with E-state index >= 15 is 0 Å². The fourth-order valence-electron chi connectivity index (χ4n) is 6.19. The number of benzene rings is 4. The summed E-state index contributed by atoms with van der Waals surface area (Å²) in [5.74, 6) is 0. The van der Waals surface area contributed by atoms with Crippen LogP contribution in [-0.2, 0) is 9.47 Å². The molecule has 0 aliphatic heterocycles. The smallest absolute Gasteiger partial charge is 0.420 e. The maximum absolute atomic E-state index is 13.5. The minimum Gasteiger partial charge on any atom is -0.443 e. The van der Waals surface area contributed by atoms with Crippen molar-refractivity contribution in [1.82, 2.24) is 29.1 Å². The maximum atomic E-state index is 13.5. The molecule has 4 heterocycles. The molecule has 48 heavy (non-hydrogen) atoms. The van der Waals surface area contributed by atoms with Gasteiger partial charge >= 0.3 is 12.2 Å². The van der Waals surface area contributed by atoms with Crippen molar-refractivity contribution >= 4 is 78.4 Å². The van der Waals surface area contributed by atoms with Crippen LogP contribution in [0, 0.1) is 0 Å². The molecule has 0 saturated heterocycles. The molecule has 0 unspecified atom stereocenters. The van der Waals surface area contributed by atoms with E-state index in [1.165, 1.54) is 9.13 Å². The number of nitrogens with zero attached hydrogens (tertiary/aromatic N) is 6. The van der Waals surface area contributed by atoms with Crippen LogP contribution in [-0.4, -0.2) is 52.5 Å². The molecular weight excluding hydrogens is 604 g/mol. The van der Waals surface area contributed by atoms with Crippen LogP contribution < -0.4 is 0 Å². The second-order valence-corrected chi connectivity index (χ2v) is 13.8. The van der Waals surface area contributed by atoms with E-state index in [4.69, 9.17) is 29.4 Å². The van der Waals surface area contributed by atoms with Crippen molar-refractivity contribution in [3.8, 4) is 11.1 Å². The van der Waals surface area contributed by atoms with Gasteiger partial charge in [0.25, 0.3) is 0 Å². The Morgan fingerprint density at radius 2 is 0.896 bits per heavy atom. The summed E-state index contributed by atoms with van der Waals surface area (Å²) in [6.45, 7) is 11.0. The highest BCUT2D eigenvalue weighted by Crippen LogP contribution is 2.37. The van der Waals surface area contributed by atoms with E-state index < -0.39 is 23.4 Å². The SMILES string of the molecule is CC(C)(C)OC(=O)n1c2ccccc2c2nc3c(-c4cccc5nc6c(nc45)c4ccccc4n6C(=O)OC(C)(C)C)cccc3nc21. The minimum absolute atomic E-state index is 0.421. The number of fused-ring (bicyclic) bond motifs is 8. The molecule has 10 nitrogen and oxygen atoms in total. The summed E-state index contributed by atoms with van der Waals surface area (Å²) in [6.07, 6.45) is -1.03. The molecular formula is C38H32N6O4. The summed E-state index contributed by atoms with van der Waals surface area (Å²) >= 11 is 0. The van der Waals surface area contributed by atoms with Crippen LogP contribution in [0.2, 0.25) is 0 Å². The molecule has 0 saturated carbocycles. The lowest BCUT2D eigenvalue weighted by Gasteiger charge is -2.20. The van der Waals surface area contributed by atoms with Gasteiger partial charge in [-0.05, 0) is 65.8 Å². The number of hydrogen-bond acceptors (Lipinski definition) is 8. The predicted octanol–water partition coefficient (Wildman–Crippen LogP) is 9.02. The first-order valence-corrected chi connectivity index (χ1v) is 15.7. The van der Waals surface area contributed by atoms with Crippen LogP contribution in [0.5, 0.6) is 0 Å². The Balaban J connectivity index is 1.38. The Kier molecular flexibility index (Phi) is 6.33. The number of para-hydroxylation sites is 4. The number of carbonyl (C=O) groups excluding carboxylic acids is 2. The highest BCUT2D eigenvalue weighted by atomic mass is 16.6. The molecule has 0 fully saturated rings. The largest absolute Gasteiger partial charge is 0.443 e.